The average molecular weight is 377 g/mol. The summed E-state index contributed by atoms with van der Waals surface area (Å²) in [5.74, 6) is 1.14. The van der Waals surface area contributed by atoms with Gasteiger partial charge in [0.2, 0.25) is 5.91 Å². The summed E-state index contributed by atoms with van der Waals surface area (Å²) in [6.45, 7) is 8.27. The van der Waals surface area contributed by atoms with Crippen molar-refractivity contribution in [3.8, 4) is 5.69 Å². The van der Waals surface area contributed by atoms with Gasteiger partial charge in [0.05, 0.1) is 22.8 Å². The number of halogens is 1. The van der Waals surface area contributed by atoms with Crippen LogP contribution in [0.4, 0.5) is 5.69 Å². The van der Waals surface area contributed by atoms with E-state index in [2.05, 4.69) is 22.7 Å². The molecule has 2 heterocycles. The van der Waals surface area contributed by atoms with Crippen molar-refractivity contribution in [3.05, 3.63) is 41.7 Å². The molecule has 0 spiro atoms. The van der Waals surface area contributed by atoms with Gasteiger partial charge in [0.25, 0.3) is 0 Å². The topological polar surface area (TPSA) is 59.0 Å². The number of nitrogens with zero attached hydrogens (tertiary/aromatic N) is 2. The Bertz CT molecular complexity index is 723. The molecule has 1 amide bonds. The van der Waals surface area contributed by atoms with E-state index in [0.717, 1.165) is 35.9 Å². The van der Waals surface area contributed by atoms with E-state index >= 15 is 0 Å². The van der Waals surface area contributed by atoms with E-state index in [-0.39, 0.29) is 18.3 Å². The standard InChI is InChI=1S/C20H28N4O.ClH/c1-14(17-9-11-21-12-10-17)13-19(25)22-20-15(2)23-24(16(20)3)18-7-5-4-6-8-18;/h4-8,14,17,21H,9-13H2,1-3H3,(H,22,25);1H. The zero-order chi connectivity index (χ0) is 17.8. The third-order valence-electron chi connectivity index (χ3n) is 5.25. The Hall–Kier alpha value is -1.85. The van der Waals surface area contributed by atoms with E-state index < -0.39 is 0 Å². The Kier molecular flexibility index (Phi) is 7.23. The lowest BCUT2D eigenvalue weighted by atomic mass is 9.84. The van der Waals surface area contributed by atoms with Crippen LogP contribution in [0, 0.1) is 25.7 Å². The van der Waals surface area contributed by atoms with Crippen LogP contribution in [0.1, 0.15) is 37.6 Å². The molecule has 6 heteroatoms. The third kappa shape index (κ3) is 4.65. The van der Waals surface area contributed by atoms with Gasteiger partial charge in [-0.2, -0.15) is 5.10 Å². The minimum absolute atomic E-state index is 0. The van der Waals surface area contributed by atoms with Crippen LogP contribution in [-0.2, 0) is 4.79 Å². The van der Waals surface area contributed by atoms with Crippen LogP contribution in [0.15, 0.2) is 30.3 Å². The zero-order valence-corrected chi connectivity index (χ0v) is 16.6. The molecule has 142 valence electrons. The highest BCUT2D eigenvalue weighted by Crippen LogP contribution is 2.26. The summed E-state index contributed by atoms with van der Waals surface area (Å²) in [4.78, 5) is 12.6. The zero-order valence-electron chi connectivity index (χ0n) is 15.8. The van der Waals surface area contributed by atoms with Crippen LogP contribution in [0.5, 0.6) is 0 Å². The number of anilines is 1. The number of rotatable bonds is 5. The van der Waals surface area contributed by atoms with E-state index in [9.17, 15) is 4.79 Å². The monoisotopic (exact) mass is 376 g/mol. The molecule has 3 rings (SSSR count). The number of hydrogen-bond donors (Lipinski definition) is 2. The lowest BCUT2D eigenvalue weighted by Crippen LogP contribution is -2.32. The summed E-state index contributed by atoms with van der Waals surface area (Å²) in [6.07, 6.45) is 2.90. The van der Waals surface area contributed by atoms with E-state index in [1.54, 1.807) is 0 Å². The van der Waals surface area contributed by atoms with Gasteiger partial charge >= 0.3 is 0 Å². The first-order valence-corrected chi connectivity index (χ1v) is 9.18. The summed E-state index contributed by atoms with van der Waals surface area (Å²) in [6, 6.07) is 10.0. The second-order valence-electron chi connectivity index (χ2n) is 7.11. The van der Waals surface area contributed by atoms with Gasteiger partial charge in [0.15, 0.2) is 0 Å². The quantitative estimate of drug-likeness (QED) is 0.832. The molecular weight excluding hydrogens is 348 g/mol. The normalized spacial score (nSPS) is 16.0. The van der Waals surface area contributed by atoms with Gasteiger partial charge in [-0.05, 0) is 63.7 Å². The van der Waals surface area contributed by atoms with Crippen molar-refractivity contribution in [2.24, 2.45) is 11.8 Å². The molecule has 0 saturated carbocycles. The number of carbonyl (C=O) groups excluding carboxylic acids is 1. The molecule has 2 N–H and O–H groups in total. The van der Waals surface area contributed by atoms with Crippen LogP contribution in [-0.4, -0.2) is 28.8 Å². The predicted molar refractivity (Wildman–Crippen MR) is 108 cm³/mol. The summed E-state index contributed by atoms with van der Waals surface area (Å²) < 4.78 is 1.89. The van der Waals surface area contributed by atoms with E-state index in [1.807, 2.05) is 48.9 Å². The third-order valence-corrected chi connectivity index (χ3v) is 5.25. The first kappa shape index (κ1) is 20.5. The Morgan fingerprint density at radius 1 is 1.27 bits per heavy atom. The number of hydrogen-bond acceptors (Lipinski definition) is 3. The fraction of sp³-hybridized carbons (Fsp3) is 0.500. The maximum absolute atomic E-state index is 12.6. The van der Waals surface area contributed by atoms with Crippen LogP contribution in [0.2, 0.25) is 0 Å². The van der Waals surface area contributed by atoms with Crippen molar-refractivity contribution in [1.29, 1.82) is 0 Å². The number of benzene rings is 1. The fourth-order valence-corrected chi connectivity index (χ4v) is 3.71. The molecule has 1 aromatic heterocycles. The van der Waals surface area contributed by atoms with Crippen LogP contribution < -0.4 is 10.6 Å². The number of aromatic nitrogens is 2. The van der Waals surface area contributed by atoms with Gasteiger partial charge in [-0.3, -0.25) is 4.79 Å². The predicted octanol–water partition coefficient (Wildman–Crippen LogP) is 3.88. The lowest BCUT2D eigenvalue weighted by molar-refractivity contribution is -0.117. The SMILES string of the molecule is Cc1nn(-c2ccccc2)c(C)c1NC(=O)CC(C)C1CCNCC1.Cl. The largest absolute Gasteiger partial charge is 0.323 e. The van der Waals surface area contributed by atoms with Gasteiger partial charge in [0, 0.05) is 6.42 Å². The van der Waals surface area contributed by atoms with Crippen LogP contribution in [0.3, 0.4) is 0 Å². The number of aryl methyl sites for hydroxylation is 1. The summed E-state index contributed by atoms with van der Waals surface area (Å²) >= 11 is 0. The molecular formula is C20H29ClN4O. The van der Waals surface area contributed by atoms with Gasteiger partial charge in [-0.1, -0.05) is 25.1 Å². The highest BCUT2D eigenvalue weighted by atomic mass is 35.5. The van der Waals surface area contributed by atoms with Gasteiger partial charge in [0.1, 0.15) is 0 Å². The van der Waals surface area contributed by atoms with Gasteiger partial charge in [-0.25, -0.2) is 4.68 Å². The van der Waals surface area contributed by atoms with E-state index in [0.29, 0.717) is 18.3 Å². The summed E-state index contributed by atoms with van der Waals surface area (Å²) in [5.41, 5.74) is 3.66. The highest BCUT2D eigenvalue weighted by molar-refractivity contribution is 5.92. The van der Waals surface area contributed by atoms with E-state index in [1.165, 1.54) is 12.8 Å². The number of carbonyl (C=O) groups is 1. The van der Waals surface area contributed by atoms with Crippen molar-refractivity contribution in [1.82, 2.24) is 15.1 Å². The molecule has 2 aromatic rings. The van der Waals surface area contributed by atoms with E-state index in [4.69, 9.17) is 0 Å². The number of piperidine rings is 1. The minimum atomic E-state index is 0. The van der Waals surface area contributed by atoms with Crippen molar-refractivity contribution in [2.45, 2.75) is 40.0 Å². The second kappa shape index (κ2) is 9.19. The van der Waals surface area contributed by atoms with Crippen molar-refractivity contribution in [3.63, 3.8) is 0 Å². The molecule has 1 aromatic carbocycles. The molecule has 26 heavy (non-hydrogen) atoms. The lowest BCUT2D eigenvalue weighted by Gasteiger charge is -2.27. The Morgan fingerprint density at radius 3 is 2.58 bits per heavy atom. The molecule has 1 aliphatic heterocycles. The molecule has 1 fully saturated rings. The first-order valence-electron chi connectivity index (χ1n) is 9.18. The van der Waals surface area contributed by atoms with Crippen LogP contribution >= 0.6 is 12.4 Å². The molecule has 5 nitrogen and oxygen atoms in total. The summed E-state index contributed by atoms with van der Waals surface area (Å²) in [5, 5.41) is 11.1. The molecule has 0 aliphatic carbocycles. The molecule has 1 aliphatic rings. The second-order valence-corrected chi connectivity index (χ2v) is 7.11. The molecule has 1 atom stereocenters. The molecule has 0 radical (unpaired) electrons. The number of amides is 1. The van der Waals surface area contributed by atoms with Crippen molar-refractivity contribution >= 4 is 24.0 Å². The average Bonchev–Trinajstić information content (AvgIpc) is 2.91. The number of para-hydroxylation sites is 1. The molecule has 1 saturated heterocycles. The van der Waals surface area contributed by atoms with Gasteiger partial charge < -0.3 is 10.6 Å². The smallest absolute Gasteiger partial charge is 0.224 e. The number of nitrogens with one attached hydrogen (secondary N) is 2. The maximum Gasteiger partial charge on any atom is 0.224 e. The first-order chi connectivity index (χ1) is 12.1. The fourth-order valence-electron chi connectivity index (χ4n) is 3.71. The van der Waals surface area contributed by atoms with Crippen LogP contribution in [0.25, 0.3) is 5.69 Å². The Morgan fingerprint density at radius 2 is 1.92 bits per heavy atom. The van der Waals surface area contributed by atoms with Crippen molar-refractivity contribution in [2.75, 3.05) is 18.4 Å². The van der Waals surface area contributed by atoms with Gasteiger partial charge in [-0.15, -0.1) is 12.4 Å². The highest BCUT2D eigenvalue weighted by Gasteiger charge is 2.23. The Labute approximate surface area is 162 Å². The molecule has 0 bridgehead atoms. The minimum Gasteiger partial charge on any atom is -0.323 e. The molecule has 1 unspecified atom stereocenters. The van der Waals surface area contributed by atoms with Crippen molar-refractivity contribution < 1.29 is 4.79 Å². The summed E-state index contributed by atoms with van der Waals surface area (Å²) in [7, 11) is 0. The Balaban J connectivity index is 0.00000243. The maximum atomic E-state index is 12.6.